The zero-order valence-corrected chi connectivity index (χ0v) is 11.4. The molecule has 0 spiro atoms. The van der Waals surface area contributed by atoms with Gasteiger partial charge in [-0.2, -0.15) is 5.10 Å². The van der Waals surface area contributed by atoms with Crippen molar-refractivity contribution < 1.29 is 0 Å². The van der Waals surface area contributed by atoms with Crippen molar-refractivity contribution in [2.75, 3.05) is 0 Å². The summed E-state index contributed by atoms with van der Waals surface area (Å²) in [6.45, 7) is 0. The van der Waals surface area contributed by atoms with Gasteiger partial charge in [-0.3, -0.25) is 0 Å². The lowest BCUT2D eigenvalue weighted by atomic mass is 10.3. The molecule has 0 atom stereocenters. The molecule has 102 valence electrons. The van der Waals surface area contributed by atoms with E-state index in [1.54, 1.807) is 6.08 Å². The van der Waals surface area contributed by atoms with E-state index in [2.05, 4.69) is 10.2 Å². The van der Waals surface area contributed by atoms with Crippen LogP contribution in [-0.2, 0) is 0 Å². The highest BCUT2D eigenvalue weighted by atomic mass is 35.5. The lowest BCUT2D eigenvalue weighted by molar-refractivity contribution is 1.06. The van der Waals surface area contributed by atoms with Crippen LogP contribution in [0.2, 0.25) is 5.02 Å². The van der Waals surface area contributed by atoms with Crippen molar-refractivity contribution in [3.63, 3.8) is 0 Å². The van der Waals surface area contributed by atoms with E-state index in [1.807, 2.05) is 53.2 Å². The van der Waals surface area contributed by atoms with E-state index in [0.29, 0.717) is 5.02 Å². The Morgan fingerprint density at radius 2 is 1.90 bits per heavy atom. The molecule has 6 heteroatoms. The molecule has 0 aliphatic heterocycles. The molecule has 0 fully saturated rings. The Labute approximate surface area is 121 Å². The Balaban J connectivity index is 2.17. The number of benzene rings is 1. The van der Waals surface area contributed by atoms with Gasteiger partial charge >= 0.3 is 0 Å². The lowest BCUT2D eigenvalue weighted by Crippen LogP contribution is -2.21. The van der Waals surface area contributed by atoms with Crippen LogP contribution in [0.3, 0.4) is 0 Å². The maximum absolute atomic E-state index is 5.88. The van der Waals surface area contributed by atoms with Crippen LogP contribution in [0.25, 0.3) is 11.8 Å². The largest absolute Gasteiger partial charge is 0.369 e. The third-order valence-electron chi connectivity index (χ3n) is 2.48. The maximum atomic E-state index is 5.88. The highest BCUT2D eigenvalue weighted by Gasteiger charge is 1.99. The fourth-order valence-corrected chi connectivity index (χ4v) is 1.77. The summed E-state index contributed by atoms with van der Waals surface area (Å²) >= 11 is 5.88. The van der Waals surface area contributed by atoms with E-state index in [0.717, 1.165) is 11.4 Å². The van der Waals surface area contributed by atoms with Crippen molar-refractivity contribution in [2.24, 2.45) is 21.7 Å². The molecule has 0 aliphatic carbocycles. The molecule has 0 aliphatic rings. The quantitative estimate of drug-likeness (QED) is 0.514. The van der Waals surface area contributed by atoms with Crippen molar-refractivity contribution in [1.29, 1.82) is 0 Å². The summed E-state index contributed by atoms with van der Waals surface area (Å²) in [4.78, 5) is 0. The van der Waals surface area contributed by atoms with Gasteiger partial charge in [0.1, 0.15) is 0 Å². The van der Waals surface area contributed by atoms with Crippen LogP contribution in [-0.4, -0.2) is 16.7 Å². The van der Waals surface area contributed by atoms with Crippen LogP contribution in [0.15, 0.2) is 58.9 Å². The molecule has 5 nitrogen and oxygen atoms in total. The number of hydrogen-bond donors (Lipinski definition) is 2. The minimum atomic E-state index is -0.0702. The second kappa shape index (κ2) is 6.58. The van der Waals surface area contributed by atoms with Gasteiger partial charge < -0.3 is 16.0 Å². The van der Waals surface area contributed by atoms with E-state index in [-0.39, 0.29) is 5.96 Å². The summed E-state index contributed by atoms with van der Waals surface area (Å²) in [5.41, 5.74) is 12.3. The molecule has 0 unspecified atom stereocenters. The summed E-state index contributed by atoms with van der Waals surface area (Å²) in [5, 5.41) is 7.90. The molecular formula is C14H14ClN5. The number of allylic oxidation sites excluding steroid dienone is 1. The molecule has 20 heavy (non-hydrogen) atoms. The van der Waals surface area contributed by atoms with Crippen LogP contribution < -0.4 is 11.5 Å². The summed E-state index contributed by atoms with van der Waals surface area (Å²) in [6.07, 6.45) is 7.14. The van der Waals surface area contributed by atoms with Gasteiger partial charge in [0.05, 0.1) is 0 Å². The molecule has 0 saturated carbocycles. The van der Waals surface area contributed by atoms with Crippen LogP contribution in [0.1, 0.15) is 5.69 Å². The zero-order chi connectivity index (χ0) is 14.4. The van der Waals surface area contributed by atoms with Crippen molar-refractivity contribution in [3.05, 3.63) is 59.4 Å². The van der Waals surface area contributed by atoms with Gasteiger partial charge in [0.2, 0.25) is 5.96 Å². The molecule has 0 bridgehead atoms. The standard InChI is InChI=1S/C14H14ClN5/c15-11-5-7-13(8-6-11)20-10-2-4-12(20)3-1-9-18-19-14(16)17/h1-10H,(H4,16,17,19). The fourth-order valence-electron chi connectivity index (χ4n) is 1.65. The number of nitrogens with zero attached hydrogens (tertiary/aromatic N) is 3. The van der Waals surface area contributed by atoms with Gasteiger partial charge in [-0.05, 0) is 48.6 Å². The number of guanidine groups is 1. The van der Waals surface area contributed by atoms with Gasteiger partial charge in [0.25, 0.3) is 0 Å². The van der Waals surface area contributed by atoms with Gasteiger partial charge in [0.15, 0.2) is 0 Å². The van der Waals surface area contributed by atoms with Crippen molar-refractivity contribution in [2.45, 2.75) is 0 Å². The number of nitrogens with two attached hydrogens (primary N) is 2. The first-order chi connectivity index (χ1) is 9.66. The summed E-state index contributed by atoms with van der Waals surface area (Å²) in [7, 11) is 0. The Morgan fingerprint density at radius 3 is 2.60 bits per heavy atom. The molecule has 1 heterocycles. The van der Waals surface area contributed by atoms with Crippen molar-refractivity contribution >= 4 is 29.9 Å². The van der Waals surface area contributed by atoms with Gasteiger partial charge in [0, 0.05) is 28.8 Å². The zero-order valence-electron chi connectivity index (χ0n) is 10.6. The van der Waals surface area contributed by atoms with Crippen molar-refractivity contribution in [3.8, 4) is 5.69 Å². The van der Waals surface area contributed by atoms with Crippen LogP contribution in [0, 0.1) is 0 Å². The number of rotatable bonds is 4. The van der Waals surface area contributed by atoms with Gasteiger partial charge in [-0.15, -0.1) is 5.10 Å². The third-order valence-corrected chi connectivity index (χ3v) is 2.73. The average molecular weight is 288 g/mol. The van der Waals surface area contributed by atoms with Crippen LogP contribution in [0.5, 0.6) is 0 Å². The number of aromatic nitrogens is 1. The SMILES string of the molecule is NC(N)=NN=CC=Cc1cccn1-c1ccc(Cl)cc1. The smallest absolute Gasteiger partial charge is 0.211 e. The van der Waals surface area contributed by atoms with E-state index in [9.17, 15) is 0 Å². The molecule has 2 aromatic rings. The molecule has 0 radical (unpaired) electrons. The molecule has 2 rings (SSSR count). The third kappa shape index (κ3) is 3.73. The lowest BCUT2D eigenvalue weighted by Gasteiger charge is -2.06. The average Bonchev–Trinajstić information content (AvgIpc) is 2.87. The van der Waals surface area contributed by atoms with E-state index < -0.39 is 0 Å². The van der Waals surface area contributed by atoms with Gasteiger partial charge in [-0.1, -0.05) is 11.6 Å². The molecule has 1 aromatic heterocycles. The minimum Gasteiger partial charge on any atom is -0.369 e. The van der Waals surface area contributed by atoms with Crippen LogP contribution >= 0.6 is 11.6 Å². The Kier molecular flexibility index (Phi) is 4.57. The molecular weight excluding hydrogens is 274 g/mol. The Bertz CT molecular complexity index is 648. The second-order valence-electron chi connectivity index (χ2n) is 3.93. The summed E-state index contributed by atoms with van der Waals surface area (Å²) in [6, 6.07) is 11.6. The maximum Gasteiger partial charge on any atom is 0.211 e. The number of hydrogen-bond acceptors (Lipinski definition) is 2. The topological polar surface area (TPSA) is 81.7 Å². The summed E-state index contributed by atoms with van der Waals surface area (Å²) < 4.78 is 2.03. The predicted molar refractivity (Wildman–Crippen MR) is 84.1 cm³/mol. The molecule has 4 N–H and O–H groups in total. The minimum absolute atomic E-state index is 0.0702. The Hall–Kier alpha value is -2.53. The highest BCUT2D eigenvalue weighted by Crippen LogP contribution is 2.16. The van der Waals surface area contributed by atoms with E-state index in [1.165, 1.54) is 6.21 Å². The van der Waals surface area contributed by atoms with E-state index in [4.69, 9.17) is 23.1 Å². The molecule has 1 aromatic carbocycles. The Morgan fingerprint density at radius 1 is 1.15 bits per heavy atom. The first kappa shape index (κ1) is 13.9. The predicted octanol–water partition coefficient (Wildman–Crippen LogP) is 2.40. The van der Waals surface area contributed by atoms with Gasteiger partial charge in [-0.25, -0.2) is 0 Å². The molecule has 0 saturated heterocycles. The first-order valence-corrected chi connectivity index (χ1v) is 6.26. The monoisotopic (exact) mass is 287 g/mol. The normalized spacial score (nSPS) is 11.2. The second-order valence-corrected chi connectivity index (χ2v) is 4.36. The highest BCUT2D eigenvalue weighted by molar-refractivity contribution is 6.30. The van der Waals surface area contributed by atoms with Crippen molar-refractivity contribution in [1.82, 2.24) is 4.57 Å². The first-order valence-electron chi connectivity index (χ1n) is 5.89. The molecule has 0 amide bonds. The fraction of sp³-hybridized carbons (Fsp3) is 0. The summed E-state index contributed by atoms with van der Waals surface area (Å²) in [5.74, 6) is -0.0702. The number of halogens is 1. The van der Waals surface area contributed by atoms with E-state index >= 15 is 0 Å². The van der Waals surface area contributed by atoms with Crippen LogP contribution in [0.4, 0.5) is 0 Å².